The van der Waals surface area contributed by atoms with Crippen LogP contribution in [0.1, 0.15) is 24.3 Å². The molecule has 2 amide bonds. The molecular formula is C18H26Cl2N4O3S. The lowest BCUT2D eigenvalue weighted by Gasteiger charge is -2.32. The van der Waals surface area contributed by atoms with Gasteiger partial charge in [0.15, 0.2) is 0 Å². The summed E-state index contributed by atoms with van der Waals surface area (Å²) < 4.78 is 5.70. The second kappa shape index (κ2) is 11.4. The van der Waals surface area contributed by atoms with Crippen molar-refractivity contribution in [1.82, 2.24) is 15.2 Å². The van der Waals surface area contributed by atoms with Crippen LogP contribution in [0, 0.1) is 12.8 Å². The summed E-state index contributed by atoms with van der Waals surface area (Å²) >= 11 is 1.57. The molecule has 156 valence electrons. The fraction of sp³-hybridized carbons (Fsp3) is 0.500. The minimum Gasteiger partial charge on any atom is -0.441 e. The Balaban J connectivity index is 0.00000196. The third kappa shape index (κ3) is 5.94. The Bertz CT molecular complexity index is 767. The SMILES string of the molecule is Cc1oc(-c2ccsc2)nc1CC(=O)N1CCCC(C(=O)NCCN)C1.Cl.Cl. The van der Waals surface area contributed by atoms with Crippen molar-refractivity contribution in [3.8, 4) is 11.5 Å². The average molecular weight is 449 g/mol. The number of aryl methyl sites for hydroxylation is 1. The molecule has 1 aliphatic heterocycles. The Hall–Kier alpha value is -1.61. The zero-order valence-corrected chi connectivity index (χ0v) is 18.1. The minimum atomic E-state index is -0.168. The van der Waals surface area contributed by atoms with E-state index < -0.39 is 0 Å². The molecule has 10 heteroatoms. The van der Waals surface area contributed by atoms with Crippen molar-refractivity contribution >= 4 is 48.0 Å². The first kappa shape index (κ1) is 24.4. The van der Waals surface area contributed by atoms with Gasteiger partial charge in [0.05, 0.1) is 18.0 Å². The Kier molecular flexibility index (Phi) is 9.95. The van der Waals surface area contributed by atoms with Crippen molar-refractivity contribution in [3.05, 3.63) is 28.3 Å². The summed E-state index contributed by atoms with van der Waals surface area (Å²) in [6, 6.07) is 1.94. The lowest BCUT2D eigenvalue weighted by Crippen LogP contribution is -2.46. The Morgan fingerprint density at radius 2 is 2.21 bits per heavy atom. The summed E-state index contributed by atoms with van der Waals surface area (Å²) in [5, 5.41) is 6.74. The maximum atomic E-state index is 12.7. The van der Waals surface area contributed by atoms with Crippen LogP contribution in [0.25, 0.3) is 11.5 Å². The molecule has 1 aliphatic rings. The Labute approximate surface area is 180 Å². The van der Waals surface area contributed by atoms with Gasteiger partial charge in [0.1, 0.15) is 5.76 Å². The van der Waals surface area contributed by atoms with Crippen LogP contribution in [0.2, 0.25) is 0 Å². The monoisotopic (exact) mass is 448 g/mol. The summed E-state index contributed by atoms with van der Waals surface area (Å²) in [6.45, 7) is 3.83. The molecule has 2 aromatic heterocycles. The highest BCUT2D eigenvalue weighted by Crippen LogP contribution is 2.25. The molecule has 0 spiro atoms. The number of carbonyl (C=O) groups is 2. The highest BCUT2D eigenvalue weighted by molar-refractivity contribution is 7.08. The van der Waals surface area contributed by atoms with Gasteiger partial charge in [-0.3, -0.25) is 9.59 Å². The lowest BCUT2D eigenvalue weighted by molar-refractivity contribution is -0.135. The van der Waals surface area contributed by atoms with Gasteiger partial charge < -0.3 is 20.4 Å². The van der Waals surface area contributed by atoms with E-state index in [-0.39, 0.29) is 49.0 Å². The number of carbonyl (C=O) groups excluding carboxylic acids is 2. The molecule has 7 nitrogen and oxygen atoms in total. The van der Waals surface area contributed by atoms with E-state index in [0.29, 0.717) is 43.5 Å². The van der Waals surface area contributed by atoms with Crippen molar-refractivity contribution in [2.75, 3.05) is 26.2 Å². The number of likely N-dealkylation sites (tertiary alicyclic amines) is 1. The predicted octanol–water partition coefficient (Wildman–Crippen LogP) is 2.41. The minimum absolute atomic E-state index is 0. The molecule has 3 N–H and O–H groups in total. The number of nitrogens with zero attached hydrogens (tertiary/aromatic N) is 2. The second-order valence-corrected chi connectivity index (χ2v) is 7.25. The number of aromatic nitrogens is 1. The molecule has 1 saturated heterocycles. The number of rotatable bonds is 6. The third-order valence-corrected chi connectivity index (χ3v) is 5.25. The van der Waals surface area contributed by atoms with Crippen molar-refractivity contribution in [2.24, 2.45) is 11.7 Å². The summed E-state index contributed by atoms with van der Waals surface area (Å²) in [4.78, 5) is 31.1. The smallest absolute Gasteiger partial charge is 0.228 e. The lowest BCUT2D eigenvalue weighted by atomic mass is 9.96. The molecule has 2 aromatic rings. The fourth-order valence-corrected chi connectivity index (χ4v) is 3.74. The van der Waals surface area contributed by atoms with E-state index in [4.69, 9.17) is 10.2 Å². The van der Waals surface area contributed by atoms with E-state index in [1.165, 1.54) is 0 Å². The summed E-state index contributed by atoms with van der Waals surface area (Å²) in [5.74, 6) is 0.997. The van der Waals surface area contributed by atoms with E-state index in [1.807, 2.05) is 23.8 Å². The van der Waals surface area contributed by atoms with Crippen LogP contribution in [-0.4, -0.2) is 47.9 Å². The van der Waals surface area contributed by atoms with E-state index in [0.717, 1.165) is 18.4 Å². The van der Waals surface area contributed by atoms with Gasteiger partial charge in [0, 0.05) is 37.1 Å². The van der Waals surface area contributed by atoms with Crippen LogP contribution in [-0.2, 0) is 16.0 Å². The number of nitrogens with one attached hydrogen (secondary N) is 1. The molecule has 1 fully saturated rings. The quantitative estimate of drug-likeness (QED) is 0.706. The standard InChI is InChI=1S/C18H24N4O3S.2ClH/c1-12-15(21-18(25-12)14-4-8-26-11-14)9-16(23)22-7-2-3-13(10-22)17(24)20-6-5-19;;/h4,8,11,13H,2-3,5-7,9-10,19H2,1H3,(H,20,24);2*1H. The Morgan fingerprint density at radius 1 is 1.43 bits per heavy atom. The van der Waals surface area contributed by atoms with Crippen molar-refractivity contribution in [1.29, 1.82) is 0 Å². The van der Waals surface area contributed by atoms with Gasteiger partial charge in [-0.25, -0.2) is 4.98 Å². The highest BCUT2D eigenvalue weighted by atomic mass is 35.5. The largest absolute Gasteiger partial charge is 0.441 e. The fourth-order valence-electron chi connectivity index (χ4n) is 3.11. The first-order chi connectivity index (χ1) is 12.6. The molecule has 0 saturated carbocycles. The van der Waals surface area contributed by atoms with Crippen LogP contribution >= 0.6 is 36.2 Å². The number of halogens is 2. The molecule has 3 heterocycles. The average Bonchev–Trinajstić information content (AvgIpc) is 3.30. The molecule has 0 aliphatic carbocycles. The van der Waals surface area contributed by atoms with Gasteiger partial charge in [0.25, 0.3) is 0 Å². The van der Waals surface area contributed by atoms with Crippen molar-refractivity contribution < 1.29 is 14.0 Å². The summed E-state index contributed by atoms with van der Waals surface area (Å²) in [6.07, 6.45) is 1.81. The van der Waals surface area contributed by atoms with Crippen molar-refractivity contribution in [2.45, 2.75) is 26.2 Å². The van der Waals surface area contributed by atoms with Gasteiger partial charge in [-0.05, 0) is 31.2 Å². The summed E-state index contributed by atoms with van der Waals surface area (Å²) in [5.41, 5.74) is 7.01. The van der Waals surface area contributed by atoms with Crippen LogP contribution in [0.15, 0.2) is 21.2 Å². The molecule has 0 aromatic carbocycles. The molecule has 3 rings (SSSR count). The number of piperidine rings is 1. The van der Waals surface area contributed by atoms with Gasteiger partial charge in [0.2, 0.25) is 17.7 Å². The van der Waals surface area contributed by atoms with Crippen LogP contribution in [0.3, 0.4) is 0 Å². The van der Waals surface area contributed by atoms with Gasteiger partial charge in [-0.15, -0.1) is 24.8 Å². The van der Waals surface area contributed by atoms with Gasteiger partial charge in [-0.1, -0.05) is 0 Å². The van der Waals surface area contributed by atoms with Gasteiger partial charge in [-0.2, -0.15) is 11.3 Å². The zero-order chi connectivity index (χ0) is 18.5. The normalized spacial score (nSPS) is 16.1. The Morgan fingerprint density at radius 3 is 2.89 bits per heavy atom. The number of thiophene rings is 1. The molecule has 0 bridgehead atoms. The number of oxazole rings is 1. The molecule has 28 heavy (non-hydrogen) atoms. The summed E-state index contributed by atoms with van der Waals surface area (Å²) in [7, 11) is 0. The third-order valence-electron chi connectivity index (χ3n) is 4.57. The van der Waals surface area contributed by atoms with E-state index in [9.17, 15) is 9.59 Å². The van der Waals surface area contributed by atoms with E-state index in [2.05, 4.69) is 10.3 Å². The van der Waals surface area contributed by atoms with Crippen molar-refractivity contribution in [3.63, 3.8) is 0 Å². The predicted molar refractivity (Wildman–Crippen MR) is 114 cm³/mol. The molecule has 1 atom stereocenters. The number of hydrogen-bond acceptors (Lipinski definition) is 6. The van der Waals surface area contributed by atoms with E-state index in [1.54, 1.807) is 16.2 Å². The topological polar surface area (TPSA) is 101 Å². The van der Waals surface area contributed by atoms with Crippen LogP contribution in [0.5, 0.6) is 0 Å². The van der Waals surface area contributed by atoms with E-state index >= 15 is 0 Å². The van der Waals surface area contributed by atoms with Gasteiger partial charge >= 0.3 is 0 Å². The number of nitrogens with two attached hydrogens (primary N) is 1. The first-order valence-electron chi connectivity index (χ1n) is 8.83. The zero-order valence-electron chi connectivity index (χ0n) is 15.7. The molecule has 0 radical (unpaired) electrons. The van der Waals surface area contributed by atoms with Crippen LogP contribution in [0.4, 0.5) is 0 Å². The second-order valence-electron chi connectivity index (χ2n) is 6.47. The maximum Gasteiger partial charge on any atom is 0.228 e. The first-order valence-corrected chi connectivity index (χ1v) is 9.77. The number of amides is 2. The molecule has 1 unspecified atom stereocenters. The molecular weight excluding hydrogens is 423 g/mol. The maximum absolute atomic E-state index is 12.7. The highest BCUT2D eigenvalue weighted by Gasteiger charge is 2.29. The number of hydrogen-bond donors (Lipinski definition) is 2. The van der Waals surface area contributed by atoms with Crippen LogP contribution < -0.4 is 11.1 Å².